The minimum absolute atomic E-state index is 0.171. The fourth-order valence-corrected chi connectivity index (χ4v) is 2.84. The lowest BCUT2D eigenvalue weighted by Gasteiger charge is -2.33. The van der Waals surface area contributed by atoms with E-state index in [1.807, 2.05) is 12.1 Å². The molecule has 0 bridgehead atoms. The molecule has 2 aromatic carbocycles. The zero-order valence-corrected chi connectivity index (χ0v) is 14.1. The lowest BCUT2D eigenvalue weighted by Crippen LogP contribution is -2.45. The van der Waals surface area contributed by atoms with Gasteiger partial charge in [0.25, 0.3) is 0 Å². The molecule has 1 fully saturated rings. The Morgan fingerprint density at radius 1 is 0.875 bits per heavy atom. The average Bonchev–Trinajstić information content (AvgIpc) is 2.60. The highest BCUT2D eigenvalue weighted by molar-refractivity contribution is 5.36. The van der Waals surface area contributed by atoms with Crippen LogP contribution in [-0.4, -0.2) is 42.5 Å². The van der Waals surface area contributed by atoms with Gasteiger partial charge in [0.15, 0.2) is 0 Å². The maximum atomic E-state index is 12.9. The van der Waals surface area contributed by atoms with Crippen molar-refractivity contribution in [2.45, 2.75) is 13.5 Å². The molecule has 0 aromatic heterocycles. The largest absolute Gasteiger partial charge is 0.297 e. The lowest BCUT2D eigenvalue weighted by molar-refractivity contribution is 0.138. The molecular weight excluding hydrogens is 299 g/mol. The van der Waals surface area contributed by atoms with Crippen molar-refractivity contribution >= 4 is 0 Å². The Kier molecular flexibility index (Phi) is 5.63. The molecule has 1 aliphatic heterocycles. The van der Waals surface area contributed by atoms with E-state index in [2.05, 4.69) is 52.8 Å². The van der Waals surface area contributed by atoms with Crippen LogP contribution in [-0.2, 0) is 6.54 Å². The van der Waals surface area contributed by atoms with Gasteiger partial charge in [-0.2, -0.15) is 0 Å². The molecule has 124 valence electrons. The number of rotatable bonds is 3. The summed E-state index contributed by atoms with van der Waals surface area (Å²) >= 11 is 0. The van der Waals surface area contributed by atoms with E-state index < -0.39 is 0 Å². The van der Waals surface area contributed by atoms with Crippen LogP contribution in [0, 0.1) is 24.6 Å². The minimum atomic E-state index is -0.171. The molecular formula is C21H23FN2. The molecule has 1 saturated heterocycles. The fraction of sp³-hybridized carbons (Fsp3) is 0.333. The number of aryl methyl sites for hydroxylation is 1. The lowest BCUT2D eigenvalue weighted by atomic mass is 10.1. The summed E-state index contributed by atoms with van der Waals surface area (Å²) in [7, 11) is 0. The molecule has 24 heavy (non-hydrogen) atoms. The van der Waals surface area contributed by atoms with Crippen LogP contribution in [0.4, 0.5) is 4.39 Å². The molecule has 0 radical (unpaired) electrons. The zero-order chi connectivity index (χ0) is 16.8. The van der Waals surface area contributed by atoms with Crippen molar-refractivity contribution in [1.29, 1.82) is 0 Å². The first kappa shape index (κ1) is 16.7. The van der Waals surface area contributed by atoms with Crippen molar-refractivity contribution in [2.24, 2.45) is 0 Å². The predicted octanol–water partition coefficient (Wildman–Crippen LogP) is 3.30. The second-order valence-electron chi connectivity index (χ2n) is 6.35. The maximum Gasteiger partial charge on any atom is 0.123 e. The molecule has 0 aliphatic carbocycles. The molecule has 0 spiro atoms. The monoisotopic (exact) mass is 322 g/mol. The molecule has 0 amide bonds. The number of hydrogen-bond acceptors (Lipinski definition) is 2. The Morgan fingerprint density at radius 2 is 1.50 bits per heavy atom. The second kappa shape index (κ2) is 8.10. The van der Waals surface area contributed by atoms with Crippen LogP contribution in [0.25, 0.3) is 0 Å². The maximum absolute atomic E-state index is 12.9. The van der Waals surface area contributed by atoms with E-state index in [-0.39, 0.29) is 5.82 Å². The normalized spacial score (nSPS) is 15.8. The summed E-state index contributed by atoms with van der Waals surface area (Å²) in [6.07, 6.45) is 0. The van der Waals surface area contributed by atoms with Gasteiger partial charge in [-0.3, -0.25) is 9.80 Å². The van der Waals surface area contributed by atoms with E-state index in [0.717, 1.165) is 44.8 Å². The third kappa shape index (κ3) is 4.92. The zero-order valence-electron chi connectivity index (χ0n) is 14.1. The number of piperazine rings is 1. The van der Waals surface area contributed by atoms with Crippen molar-refractivity contribution in [3.05, 3.63) is 71.0 Å². The number of nitrogens with zero attached hydrogens (tertiary/aromatic N) is 2. The fourth-order valence-electron chi connectivity index (χ4n) is 2.84. The molecule has 2 aromatic rings. The van der Waals surface area contributed by atoms with Gasteiger partial charge in [0, 0.05) is 38.3 Å². The molecule has 1 heterocycles. The van der Waals surface area contributed by atoms with Crippen LogP contribution in [0.1, 0.15) is 16.7 Å². The molecule has 3 rings (SSSR count). The van der Waals surface area contributed by atoms with Crippen LogP contribution in [0.5, 0.6) is 0 Å². The van der Waals surface area contributed by atoms with Crippen molar-refractivity contribution < 1.29 is 4.39 Å². The highest BCUT2D eigenvalue weighted by Crippen LogP contribution is 2.09. The van der Waals surface area contributed by atoms with E-state index in [9.17, 15) is 4.39 Å². The highest BCUT2D eigenvalue weighted by atomic mass is 19.1. The van der Waals surface area contributed by atoms with Gasteiger partial charge >= 0.3 is 0 Å². The predicted molar refractivity (Wildman–Crippen MR) is 96.2 cm³/mol. The van der Waals surface area contributed by atoms with Gasteiger partial charge in [0.05, 0.1) is 6.54 Å². The van der Waals surface area contributed by atoms with E-state index in [1.54, 1.807) is 0 Å². The number of benzene rings is 2. The van der Waals surface area contributed by atoms with Gasteiger partial charge in [0.1, 0.15) is 5.82 Å². The van der Waals surface area contributed by atoms with Gasteiger partial charge in [-0.1, -0.05) is 41.7 Å². The van der Waals surface area contributed by atoms with E-state index >= 15 is 0 Å². The topological polar surface area (TPSA) is 6.48 Å². The van der Waals surface area contributed by atoms with Crippen molar-refractivity contribution in [3.63, 3.8) is 0 Å². The molecule has 0 saturated carbocycles. The van der Waals surface area contributed by atoms with Crippen LogP contribution in [0.15, 0.2) is 48.5 Å². The summed E-state index contributed by atoms with van der Waals surface area (Å²) in [4.78, 5) is 4.81. The Hall–Kier alpha value is -2.15. The SMILES string of the molecule is Cc1ccc(C#CCN2CCN(Cc3ccc(F)cc3)CC2)cc1. The Bertz CT molecular complexity index is 702. The summed E-state index contributed by atoms with van der Waals surface area (Å²) in [5.74, 6) is 6.34. The first-order chi connectivity index (χ1) is 11.7. The quantitative estimate of drug-likeness (QED) is 0.800. The first-order valence-electron chi connectivity index (χ1n) is 8.44. The molecule has 0 atom stereocenters. The Labute approximate surface area is 143 Å². The van der Waals surface area contributed by atoms with Crippen molar-refractivity contribution in [2.75, 3.05) is 32.7 Å². The summed E-state index contributed by atoms with van der Waals surface area (Å²) in [6, 6.07) is 15.1. The molecule has 3 heteroatoms. The van der Waals surface area contributed by atoms with Crippen LogP contribution < -0.4 is 0 Å². The number of halogens is 1. The van der Waals surface area contributed by atoms with Crippen LogP contribution in [0.3, 0.4) is 0 Å². The van der Waals surface area contributed by atoms with Crippen LogP contribution >= 0.6 is 0 Å². The molecule has 2 nitrogen and oxygen atoms in total. The van der Waals surface area contributed by atoms with Gasteiger partial charge in [-0.05, 0) is 36.8 Å². The van der Waals surface area contributed by atoms with Gasteiger partial charge < -0.3 is 0 Å². The van der Waals surface area contributed by atoms with E-state index in [0.29, 0.717) is 0 Å². The Balaban J connectivity index is 1.44. The molecule has 1 aliphatic rings. The minimum Gasteiger partial charge on any atom is -0.297 e. The van der Waals surface area contributed by atoms with Gasteiger partial charge in [-0.25, -0.2) is 4.39 Å². The van der Waals surface area contributed by atoms with E-state index in [1.165, 1.54) is 23.3 Å². The third-order valence-corrected chi connectivity index (χ3v) is 4.37. The standard InChI is InChI=1S/C21H23FN2/c1-18-4-6-19(7-5-18)3-2-12-23-13-15-24(16-14-23)17-20-8-10-21(22)11-9-20/h4-11H,12-17H2,1H3. The summed E-state index contributed by atoms with van der Waals surface area (Å²) in [5, 5.41) is 0. The van der Waals surface area contributed by atoms with Crippen molar-refractivity contribution in [1.82, 2.24) is 9.80 Å². The highest BCUT2D eigenvalue weighted by Gasteiger charge is 2.15. The number of hydrogen-bond donors (Lipinski definition) is 0. The second-order valence-corrected chi connectivity index (χ2v) is 6.35. The van der Waals surface area contributed by atoms with Crippen molar-refractivity contribution in [3.8, 4) is 11.8 Å². The smallest absolute Gasteiger partial charge is 0.123 e. The van der Waals surface area contributed by atoms with Crippen LogP contribution in [0.2, 0.25) is 0 Å². The molecule has 0 unspecified atom stereocenters. The third-order valence-electron chi connectivity index (χ3n) is 4.37. The molecule has 0 N–H and O–H groups in total. The Morgan fingerprint density at radius 3 is 2.17 bits per heavy atom. The average molecular weight is 322 g/mol. The first-order valence-corrected chi connectivity index (χ1v) is 8.44. The summed E-state index contributed by atoms with van der Waals surface area (Å²) in [5.41, 5.74) is 3.51. The van der Waals surface area contributed by atoms with E-state index in [4.69, 9.17) is 0 Å². The van der Waals surface area contributed by atoms with Gasteiger partial charge in [0.2, 0.25) is 0 Å². The summed E-state index contributed by atoms with van der Waals surface area (Å²) in [6.45, 7) is 7.92. The summed E-state index contributed by atoms with van der Waals surface area (Å²) < 4.78 is 12.9. The van der Waals surface area contributed by atoms with Gasteiger partial charge in [-0.15, -0.1) is 0 Å².